The predicted molar refractivity (Wildman–Crippen MR) is 43.2 cm³/mol. The summed E-state index contributed by atoms with van der Waals surface area (Å²) in [4.78, 5) is 10.6. The minimum Gasteiger partial charge on any atom is -1.00 e. The van der Waals surface area contributed by atoms with E-state index in [1.807, 2.05) is 6.07 Å². The Morgan fingerprint density at radius 1 is 1.46 bits per heavy atom. The number of benzene rings is 1. The molecule has 64 valence electrons. The van der Waals surface area contributed by atoms with Crippen LogP contribution in [0.5, 0.6) is 5.75 Å². The first-order valence-corrected chi connectivity index (χ1v) is 3.69. The van der Waals surface area contributed by atoms with E-state index in [0.717, 1.165) is 17.6 Å². The summed E-state index contributed by atoms with van der Waals surface area (Å²) in [5.41, 5.74) is 1.49. The van der Waals surface area contributed by atoms with Crippen molar-refractivity contribution in [2.75, 3.05) is 6.79 Å². The number of hydrogen-bond donors (Lipinski definition) is 0. The van der Waals surface area contributed by atoms with E-state index in [0.29, 0.717) is 12.2 Å². The van der Waals surface area contributed by atoms with Gasteiger partial charge in [0.1, 0.15) is 5.75 Å². The molecule has 0 bridgehead atoms. The van der Waals surface area contributed by atoms with Gasteiger partial charge in [-0.2, -0.15) is 0 Å². The molecular formula is C9H9NaO3. The Morgan fingerprint density at radius 2 is 2.31 bits per heavy atom. The molecule has 0 saturated heterocycles. The molecule has 0 aliphatic carbocycles. The number of ether oxygens (including phenoxy) is 2. The van der Waals surface area contributed by atoms with Gasteiger partial charge in [0.25, 0.3) is 0 Å². The van der Waals surface area contributed by atoms with E-state index in [4.69, 9.17) is 9.47 Å². The van der Waals surface area contributed by atoms with Gasteiger partial charge in [-0.05, 0) is 6.07 Å². The first kappa shape index (κ1) is 10.7. The number of rotatable bonds is 1. The van der Waals surface area contributed by atoms with Crippen LogP contribution in [0.1, 0.15) is 17.3 Å². The molecular weight excluding hydrogens is 179 g/mol. The molecule has 0 fully saturated rings. The van der Waals surface area contributed by atoms with Crippen LogP contribution in [0, 0.1) is 0 Å². The fourth-order valence-corrected chi connectivity index (χ4v) is 1.23. The van der Waals surface area contributed by atoms with Crippen LogP contribution in [-0.2, 0) is 11.3 Å². The topological polar surface area (TPSA) is 35.5 Å². The number of aldehydes is 1. The molecule has 2 rings (SSSR count). The number of hydrogen-bond acceptors (Lipinski definition) is 3. The van der Waals surface area contributed by atoms with Crippen molar-refractivity contribution < 1.29 is 45.3 Å². The van der Waals surface area contributed by atoms with E-state index in [-0.39, 0.29) is 37.8 Å². The fourth-order valence-electron chi connectivity index (χ4n) is 1.23. The molecule has 13 heavy (non-hydrogen) atoms. The van der Waals surface area contributed by atoms with Gasteiger partial charge >= 0.3 is 29.6 Å². The molecule has 0 atom stereocenters. The van der Waals surface area contributed by atoms with E-state index in [1.165, 1.54) is 0 Å². The number of fused-ring (bicyclic) bond motifs is 1. The van der Waals surface area contributed by atoms with E-state index < -0.39 is 0 Å². The monoisotopic (exact) mass is 188 g/mol. The molecule has 0 amide bonds. The van der Waals surface area contributed by atoms with Crippen LogP contribution in [0.15, 0.2) is 18.2 Å². The quantitative estimate of drug-likeness (QED) is 0.397. The maximum absolute atomic E-state index is 10.6. The minimum atomic E-state index is 0. The maximum atomic E-state index is 10.6. The molecule has 1 aromatic carbocycles. The van der Waals surface area contributed by atoms with Crippen molar-refractivity contribution in [2.24, 2.45) is 0 Å². The largest absolute Gasteiger partial charge is 1.00 e. The Kier molecular flexibility index (Phi) is 3.93. The Balaban J connectivity index is 0.000000845. The van der Waals surface area contributed by atoms with E-state index in [2.05, 4.69) is 0 Å². The van der Waals surface area contributed by atoms with Crippen LogP contribution in [0.25, 0.3) is 0 Å². The summed E-state index contributed by atoms with van der Waals surface area (Å²) in [7, 11) is 0. The molecule has 0 N–H and O–H groups in total. The second-order valence-corrected chi connectivity index (χ2v) is 2.55. The predicted octanol–water partition coefficient (Wildman–Crippen LogP) is -1.52. The summed E-state index contributed by atoms with van der Waals surface area (Å²) in [6, 6.07) is 5.39. The first-order valence-electron chi connectivity index (χ1n) is 3.69. The van der Waals surface area contributed by atoms with Gasteiger partial charge in [0.05, 0.1) is 6.61 Å². The van der Waals surface area contributed by atoms with Crippen LogP contribution >= 0.6 is 0 Å². The van der Waals surface area contributed by atoms with Crippen LogP contribution < -0.4 is 34.3 Å². The second-order valence-electron chi connectivity index (χ2n) is 2.55. The van der Waals surface area contributed by atoms with Crippen molar-refractivity contribution >= 4 is 6.29 Å². The van der Waals surface area contributed by atoms with Crippen molar-refractivity contribution in [3.05, 3.63) is 29.3 Å². The average Bonchev–Trinajstić information content (AvgIpc) is 2.17. The second kappa shape index (κ2) is 4.77. The normalized spacial score (nSPS) is 13.5. The average molecular weight is 188 g/mol. The molecule has 1 aromatic rings. The standard InChI is InChI=1S/C9H8O3.Na.H/c10-4-7-2-1-3-9-8(7)5-11-6-12-9;;/h1-4H,5-6H2;;/q;+1;-1. The number of carbonyl (C=O) groups excluding carboxylic acids is 1. The van der Waals surface area contributed by atoms with Gasteiger partial charge in [0, 0.05) is 11.1 Å². The Bertz CT molecular complexity index is 317. The van der Waals surface area contributed by atoms with Gasteiger partial charge < -0.3 is 10.9 Å². The van der Waals surface area contributed by atoms with Gasteiger partial charge in [-0.3, -0.25) is 4.79 Å². The summed E-state index contributed by atoms with van der Waals surface area (Å²) in [5, 5.41) is 0. The maximum Gasteiger partial charge on any atom is 1.00 e. The van der Waals surface area contributed by atoms with Crippen molar-refractivity contribution in [3.8, 4) is 5.75 Å². The molecule has 0 unspecified atom stereocenters. The zero-order valence-corrected chi connectivity index (χ0v) is 9.45. The molecule has 3 nitrogen and oxygen atoms in total. The molecule has 0 aromatic heterocycles. The third-order valence-corrected chi connectivity index (χ3v) is 1.84. The first-order chi connectivity index (χ1) is 5.92. The Morgan fingerprint density at radius 3 is 3.08 bits per heavy atom. The zero-order chi connectivity index (χ0) is 8.39. The van der Waals surface area contributed by atoms with Crippen molar-refractivity contribution in [1.82, 2.24) is 0 Å². The molecule has 1 aliphatic heterocycles. The molecule has 0 saturated carbocycles. The van der Waals surface area contributed by atoms with E-state index in [9.17, 15) is 4.79 Å². The van der Waals surface area contributed by atoms with Crippen molar-refractivity contribution in [2.45, 2.75) is 6.61 Å². The van der Waals surface area contributed by atoms with Gasteiger partial charge in [-0.25, -0.2) is 0 Å². The molecule has 0 spiro atoms. The van der Waals surface area contributed by atoms with Gasteiger partial charge in [0.15, 0.2) is 13.1 Å². The summed E-state index contributed by atoms with van der Waals surface area (Å²) in [6.45, 7) is 0.736. The Labute approximate surface area is 99.8 Å². The van der Waals surface area contributed by atoms with Gasteiger partial charge in [-0.1, -0.05) is 12.1 Å². The Hall–Kier alpha value is -0.350. The molecule has 1 heterocycles. The van der Waals surface area contributed by atoms with E-state index >= 15 is 0 Å². The van der Waals surface area contributed by atoms with E-state index in [1.54, 1.807) is 12.1 Å². The fraction of sp³-hybridized carbons (Fsp3) is 0.222. The van der Waals surface area contributed by atoms with Crippen molar-refractivity contribution in [3.63, 3.8) is 0 Å². The van der Waals surface area contributed by atoms with Gasteiger partial charge in [0.2, 0.25) is 0 Å². The molecule has 0 radical (unpaired) electrons. The van der Waals surface area contributed by atoms with Crippen LogP contribution in [0.2, 0.25) is 0 Å². The SMILES string of the molecule is O=Cc1cccc2c1COCO2.[H-].[Na+]. The summed E-state index contributed by atoms with van der Waals surface area (Å²) in [5.74, 6) is 0.755. The molecule has 4 heteroatoms. The third-order valence-electron chi connectivity index (χ3n) is 1.84. The van der Waals surface area contributed by atoms with Gasteiger partial charge in [-0.15, -0.1) is 0 Å². The third kappa shape index (κ3) is 2.11. The summed E-state index contributed by atoms with van der Waals surface area (Å²) in [6.07, 6.45) is 0.816. The summed E-state index contributed by atoms with van der Waals surface area (Å²) >= 11 is 0. The van der Waals surface area contributed by atoms with Crippen molar-refractivity contribution in [1.29, 1.82) is 0 Å². The minimum absolute atomic E-state index is 0. The zero-order valence-electron chi connectivity index (χ0n) is 8.45. The summed E-state index contributed by atoms with van der Waals surface area (Å²) < 4.78 is 10.2. The van der Waals surface area contributed by atoms with Crippen LogP contribution in [0.3, 0.4) is 0 Å². The smallest absolute Gasteiger partial charge is 1.00 e. The van der Waals surface area contributed by atoms with Crippen LogP contribution in [0.4, 0.5) is 0 Å². The number of carbonyl (C=O) groups is 1. The van der Waals surface area contributed by atoms with Crippen LogP contribution in [-0.4, -0.2) is 13.1 Å². The molecule has 1 aliphatic rings.